The van der Waals surface area contributed by atoms with E-state index < -0.39 is 5.97 Å². The Morgan fingerprint density at radius 1 is 1.05 bits per heavy atom. The van der Waals surface area contributed by atoms with Gasteiger partial charge >= 0.3 is 5.97 Å². The Morgan fingerprint density at radius 2 is 1.77 bits per heavy atom. The molecule has 0 unspecified atom stereocenters. The number of hydrogen-bond donors (Lipinski definition) is 2. The minimum atomic E-state index is -0.981. The summed E-state index contributed by atoms with van der Waals surface area (Å²) in [6.07, 6.45) is 2.15. The molecule has 0 atom stereocenters. The molecule has 112 valence electrons. The van der Waals surface area contributed by atoms with Crippen molar-refractivity contribution in [3.63, 3.8) is 0 Å². The summed E-state index contributed by atoms with van der Waals surface area (Å²) in [5, 5.41) is 11.7. The van der Waals surface area contributed by atoms with E-state index in [1.165, 1.54) is 22.6 Å². The Bertz CT molecular complexity index is 725. The summed E-state index contributed by atoms with van der Waals surface area (Å²) >= 11 is 1.83. The third-order valence-electron chi connectivity index (χ3n) is 3.56. The van der Waals surface area contributed by atoms with Gasteiger partial charge in [0.1, 0.15) is 0 Å². The Labute approximate surface area is 132 Å². The number of rotatable bonds is 3. The fourth-order valence-electron chi connectivity index (χ4n) is 2.40. The van der Waals surface area contributed by atoms with Crippen molar-refractivity contribution < 1.29 is 14.7 Å². The van der Waals surface area contributed by atoms with Crippen LogP contribution in [0.15, 0.2) is 47.4 Å². The lowest BCUT2D eigenvalue weighted by Gasteiger charge is -2.16. The molecule has 3 rings (SSSR count). The van der Waals surface area contributed by atoms with Crippen molar-refractivity contribution in [2.45, 2.75) is 17.7 Å². The number of carboxylic acid groups (broad SMARTS) is 1. The summed E-state index contributed by atoms with van der Waals surface area (Å²) in [5.74, 6) is -0.0272. The lowest BCUT2D eigenvalue weighted by Crippen LogP contribution is -2.13. The molecule has 0 saturated carbocycles. The zero-order valence-corrected chi connectivity index (χ0v) is 12.7. The molecule has 4 nitrogen and oxygen atoms in total. The van der Waals surface area contributed by atoms with Gasteiger partial charge in [0.25, 0.3) is 5.91 Å². The molecule has 0 saturated heterocycles. The Balaban J connectivity index is 1.75. The van der Waals surface area contributed by atoms with E-state index in [0.717, 1.165) is 18.6 Å². The van der Waals surface area contributed by atoms with Gasteiger partial charge in [0.2, 0.25) is 0 Å². The third-order valence-corrected chi connectivity index (χ3v) is 4.76. The highest BCUT2D eigenvalue weighted by atomic mass is 32.2. The van der Waals surface area contributed by atoms with Crippen LogP contribution in [0.3, 0.4) is 0 Å². The predicted molar refractivity (Wildman–Crippen MR) is 86.8 cm³/mol. The van der Waals surface area contributed by atoms with Gasteiger partial charge in [-0.1, -0.05) is 0 Å². The molecule has 5 heteroatoms. The summed E-state index contributed by atoms with van der Waals surface area (Å²) in [7, 11) is 0. The van der Waals surface area contributed by atoms with E-state index in [0.29, 0.717) is 11.3 Å². The number of aryl methyl sites for hydroxylation is 1. The molecule has 0 spiro atoms. The highest BCUT2D eigenvalue weighted by molar-refractivity contribution is 7.99. The van der Waals surface area contributed by atoms with Crippen LogP contribution >= 0.6 is 11.8 Å². The maximum atomic E-state index is 12.3. The Kier molecular flexibility index (Phi) is 4.15. The summed E-state index contributed by atoms with van der Waals surface area (Å²) in [6.45, 7) is 0. The zero-order chi connectivity index (χ0) is 15.5. The lowest BCUT2D eigenvalue weighted by atomic mass is 10.1. The van der Waals surface area contributed by atoms with Gasteiger partial charge in [-0.2, -0.15) is 0 Å². The lowest BCUT2D eigenvalue weighted by molar-refractivity contribution is 0.0696. The summed E-state index contributed by atoms with van der Waals surface area (Å²) in [5.41, 5.74) is 2.64. The third kappa shape index (κ3) is 3.14. The van der Waals surface area contributed by atoms with Gasteiger partial charge in [0.15, 0.2) is 0 Å². The number of hydrogen-bond acceptors (Lipinski definition) is 3. The second-order valence-corrected chi connectivity index (χ2v) is 6.25. The van der Waals surface area contributed by atoms with E-state index in [-0.39, 0.29) is 11.5 Å². The van der Waals surface area contributed by atoms with Crippen molar-refractivity contribution in [1.29, 1.82) is 0 Å². The van der Waals surface area contributed by atoms with Gasteiger partial charge < -0.3 is 10.4 Å². The molecule has 0 aromatic heterocycles. The number of anilines is 1. The van der Waals surface area contributed by atoms with E-state index >= 15 is 0 Å². The van der Waals surface area contributed by atoms with Crippen molar-refractivity contribution in [3.8, 4) is 0 Å². The van der Waals surface area contributed by atoms with Crippen LogP contribution in [0.5, 0.6) is 0 Å². The smallest absolute Gasteiger partial charge is 0.335 e. The number of nitrogens with one attached hydrogen (secondary N) is 1. The molecule has 1 amide bonds. The molecule has 0 aliphatic carbocycles. The number of amides is 1. The molecule has 0 bridgehead atoms. The van der Waals surface area contributed by atoms with Crippen LogP contribution in [0, 0.1) is 0 Å². The van der Waals surface area contributed by atoms with Gasteiger partial charge in [-0.15, -0.1) is 11.8 Å². The van der Waals surface area contributed by atoms with Crippen LogP contribution in [0.25, 0.3) is 0 Å². The standard InChI is InChI=1S/C17H15NO3S/c19-16(18-14-6-3-11(4-7-14)17(20)21)13-5-8-15-12(10-13)2-1-9-22-15/h3-8,10H,1-2,9H2,(H,18,19)(H,20,21). The molecule has 1 aliphatic rings. The van der Waals surface area contributed by atoms with E-state index in [4.69, 9.17) is 5.11 Å². The quantitative estimate of drug-likeness (QED) is 0.907. The maximum absolute atomic E-state index is 12.3. The monoisotopic (exact) mass is 313 g/mol. The topological polar surface area (TPSA) is 66.4 Å². The largest absolute Gasteiger partial charge is 0.478 e. The van der Waals surface area contributed by atoms with Crippen LogP contribution in [0.1, 0.15) is 32.7 Å². The second kappa shape index (κ2) is 6.23. The molecule has 2 aromatic carbocycles. The number of carbonyl (C=O) groups is 2. The fraction of sp³-hybridized carbons (Fsp3) is 0.176. The SMILES string of the molecule is O=C(O)c1ccc(NC(=O)c2ccc3c(c2)CCCS3)cc1. The number of carboxylic acids is 1. The molecule has 1 heterocycles. The molecule has 22 heavy (non-hydrogen) atoms. The van der Waals surface area contributed by atoms with Crippen LogP contribution in [0.2, 0.25) is 0 Å². The van der Waals surface area contributed by atoms with Crippen molar-refractivity contribution in [3.05, 3.63) is 59.2 Å². The van der Waals surface area contributed by atoms with Gasteiger partial charge in [-0.3, -0.25) is 4.79 Å². The number of benzene rings is 2. The van der Waals surface area contributed by atoms with Crippen LogP contribution in [-0.2, 0) is 6.42 Å². The fourth-order valence-corrected chi connectivity index (χ4v) is 3.42. The van der Waals surface area contributed by atoms with Gasteiger partial charge in [0, 0.05) is 16.1 Å². The predicted octanol–water partition coefficient (Wildman–Crippen LogP) is 3.68. The average molecular weight is 313 g/mol. The number of carbonyl (C=O) groups excluding carboxylic acids is 1. The number of aromatic carboxylic acids is 1. The summed E-state index contributed by atoms with van der Waals surface area (Å²) < 4.78 is 0. The Hall–Kier alpha value is -2.27. The molecular weight excluding hydrogens is 298 g/mol. The van der Waals surface area contributed by atoms with Crippen LogP contribution in [0.4, 0.5) is 5.69 Å². The van der Waals surface area contributed by atoms with Gasteiger partial charge in [-0.25, -0.2) is 4.79 Å². The molecule has 2 N–H and O–H groups in total. The van der Waals surface area contributed by atoms with E-state index in [9.17, 15) is 9.59 Å². The molecule has 0 radical (unpaired) electrons. The molecule has 2 aromatic rings. The van der Waals surface area contributed by atoms with Crippen molar-refractivity contribution in [2.24, 2.45) is 0 Å². The number of thioether (sulfide) groups is 1. The van der Waals surface area contributed by atoms with E-state index in [2.05, 4.69) is 5.32 Å². The number of fused-ring (bicyclic) bond motifs is 1. The second-order valence-electron chi connectivity index (χ2n) is 5.11. The molecule has 0 fully saturated rings. The highest BCUT2D eigenvalue weighted by Gasteiger charge is 2.13. The summed E-state index contributed by atoms with van der Waals surface area (Å²) in [4.78, 5) is 24.3. The van der Waals surface area contributed by atoms with Gasteiger partial charge in [0.05, 0.1) is 5.56 Å². The minimum absolute atomic E-state index is 0.179. The first-order valence-corrected chi connectivity index (χ1v) is 8.02. The minimum Gasteiger partial charge on any atom is -0.478 e. The molecule has 1 aliphatic heterocycles. The van der Waals surface area contributed by atoms with Crippen molar-refractivity contribution in [1.82, 2.24) is 0 Å². The zero-order valence-electron chi connectivity index (χ0n) is 11.8. The van der Waals surface area contributed by atoms with Crippen LogP contribution < -0.4 is 5.32 Å². The summed E-state index contributed by atoms with van der Waals surface area (Å²) in [6, 6.07) is 11.9. The first-order chi connectivity index (χ1) is 10.6. The first-order valence-electron chi connectivity index (χ1n) is 7.04. The van der Waals surface area contributed by atoms with E-state index in [1.807, 2.05) is 30.0 Å². The van der Waals surface area contributed by atoms with E-state index in [1.54, 1.807) is 12.1 Å². The highest BCUT2D eigenvalue weighted by Crippen LogP contribution is 2.30. The first kappa shape index (κ1) is 14.7. The van der Waals surface area contributed by atoms with Crippen molar-refractivity contribution in [2.75, 3.05) is 11.1 Å². The normalized spacial score (nSPS) is 13.3. The molecular formula is C17H15NO3S. The maximum Gasteiger partial charge on any atom is 0.335 e. The van der Waals surface area contributed by atoms with Crippen molar-refractivity contribution >= 4 is 29.3 Å². The Morgan fingerprint density at radius 3 is 2.50 bits per heavy atom. The average Bonchev–Trinajstić information content (AvgIpc) is 2.55. The van der Waals surface area contributed by atoms with Gasteiger partial charge in [-0.05, 0) is 66.6 Å². The van der Waals surface area contributed by atoms with Crippen LogP contribution in [-0.4, -0.2) is 22.7 Å².